The van der Waals surface area contributed by atoms with Crippen LogP contribution in [-0.2, 0) is 4.79 Å². The summed E-state index contributed by atoms with van der Waals surface area (Å²) in [6.07, 6.45) is 1.36. The minimum atomic E-state index is -0.861. The van der Waals surface area contributed by atoms with Crippen molar-refractivity contribution in [1.29, 1.82) is 0 Å². The highest BCUT2D eigenvalue weighted by Crippen LogP contribution is 2.06. The molecule has 17 heavy (non-hydrogen) atoms. The van der Waals surface area contributed by atoms with E-state index in [1.807, 2.05) is 13.0 Å². The maximum Gasteiger partial charge on any atom is 0.308 e. The molecule has 0 aliphatic heterocycles. The summed E-state index contributed by atoms with van der Waals surface area (Å²) < 4.78 is 0. The number of aliphatic carboxylic acids is 1. The van der Waals surface area contributed by atoms with Crippen molar-refractivity contribution in [2.24, 2.45) is 5.92 Å². The smallest absolute Gasteiger partial charge is 0.308 e. The predicted octanol–water partition coefficient (Wildman–Crippen LogP) is 1.92. The highest BCUT2D eigenvalue weighted by atomic mass is 16.4. The standard InChI is InChI=1S/C13H17NO3/c1-2-6-11(13(16)17)9-14-12(15)10-7-4-3-5-8-10/h3-5,7-8,11H,2,6,9H2,1H3,(H,14,15)(H,16,17). The highest BCUT2D eigenvalue weighted by Gasteiger charge is 2.17. The Morgan fingerprint density at radius 1 is 1.29 bits per heavy atom. The molecule has 1 unspecified atom stereocenters. The quantitative estimate of drug-likeness (QED) is 0.791. The first kappa shape index (κ1) is 13.2. The molecule has 92 valence electrons. The lowest BCUT2D eigenvalue weighted by molar-refractivity contribution is -0.141. The Balaban J connectivity index is 2.49. The molecule has 0 spiro atoms. The van der Waals surface area contributed by atoms with Crippen LogP contribution in [-0.4, -0.2) is 23.5 Å². The zero-order valence-corrected chi connectivity index (χ0v) is 9.85. The van der Waals surface area contributed by atoms with E-state index in [-0.39, 0.29) is 12.5 Å². The maximum absolute atomic E-state index is 11.7. The Morgan fingerprint density at radius 2 is 1.94 bits per heavy atom. The van der Waals surface area contributed by atoms with Crippen LogP contribution in [0, 0.1) is 5.92 Å². The number of carboxylic acid groups (broad SMARTS) is 1. The maximum atomic E-state index is 11.7. The van der Waals surface area contributed by atoms with Crippen molar-refractivity contribution < 1.29 is 14.7 Å². The van der Waals surface area contributed by atoms with E-state index in [1.165, 1.54) is 0 Å². The van der Waals surface area contributed by atoms with Crippen molar-refractivity contribution in [3.05, 3.63) is 35.9 Å². The summed E-state index contributed by atoms with van der Waals surface area (Å²) >= 11 is 0. The lowest BCUT2D eigenvalue weighted by Crippen LogP contribution is -2.32. The van der Waals surface area contributed by atoms with Crippen LogP contribution in [0.25, 0.3) is 0 Å². The lowest BCUT2D eigenvalue weighted by atomic mass is 10.0. The van der Waals surface area contributed by atoms with Gasteiger partial charge in [-0.1, -0.05) is 31.5 Å². The molecule has 0 heterocycles. The van der Waals surface area contributed by atoms with Gasteiger partial charge in [0.05, 0.1) is 5.92 Å². The zero-order chi connectivity index (χ0) is 12.7. The second-order valence-corrected chi connectivity index (χ2v) is 3.90. The molecular weight excluding hydrogens is 218 g/mol. The molecule has 0 aliphatic rings. The van der Waals surface area contributed by atoms with Crippen molar-refractivity contribution in [2.75, 3.05) is 6.54 Å². The van der Waals surface area contributed by atoms with E-state index in [0.29, 0.717) is 12.0 Å². The number of carbonyl (C=O) groups excluding carboxylic acids is 1. The van der Waals surface area contributed by atoms with E-state index in [0.717, 1.165) is 6.42 Å². The molecule has 0 saturated heterocycles. The van der Waals surface area contributed by atoms with Crippen LogP contribution in [0.4, 0.5) is 0 Å². The molecule has 1 rings (SSSR count). The van der Waals surface area contributed by atoms with Crippen LogP contribution in [0.3, 0.4) is 0 Å². The van der Waals surface area contributed by atoms with E-state index < -0.39 is 11.9 Å². The van der Waals surface area contributed by atoms with Gasteiger partial charge in [0, 0.05) is 12.1 Å². The second kappa shape index (κ2) is 6.68. The van der Waals surface area contributed by atoms with Gasteiger partial charge in [-0.05, 0) is 18.6 Å². The first-order valence-electron chi connectivity index (χ1n) is 5.71. The first-order chi connectivity index (χ1) is 8.15. The second-order valence-electron chi connectivity index (χ2n) is 3.90. The molecular formula is C13H17NO3. The van der Waals surface area contributed by atoms with E-state index in [2.05, 4.69) is 5.32 Å². The van der Waals surface area contributed by atoms with Gasteiger partial charge >= 0.3 is 5.97 Å². The highest BCUT2D eigenvalue weighted by molar-refractivity contribution is 5.94. The molecule has 1 aromatic rings. The van der Waals surface area contributed by atoms with E-state index in [4.69, 9.17) is 5.11 Å². The van der Waals surface area contributed by atoms with Crippen molar-refractivity contribution in [3.8, 4) is 0 Å². The topological polar surface area (TPSA) is 66.4 Å². The summed E-state index contributed by atoms with van der Waals surface area (Å²) in [4.78, 5) is 22.6. The summed E-state index contributed by atoms with van der Waals surface area (Å²) in [6, 6.07) is 8.77. The molecule has 0 aromatic heterocycles. The van der Waals surface area contributed by atoms with E-state index in [1.54, 1.807) is 24.3 Å². The molecule has 0 bridgehead atoms. The van der Waals surface area contributed by atoms with E-state index in [9.17, 15) is 9.59 Å². The number of hydrogen-bond acceptors (Lipinski definition) is 2. The zero-order valence-electron chi connectivity index (χ0n) is 9.85. The Labute approximate surface area is 101 Å². The van der Waals surface area contributed by atoms with Gasteiger partial charge in [0.25, 0.3) is 5.91 Å². The summed E-state index contributed by atoms with van der Waals surface area (Å²) in [5.74, 6) is -1.60. The molecule has 0 aliphatic carbocycles. The van der Waals surface area contributed by atoms with Crippen LogP contribution in [0.2, 0.25) is 0 Å². The van der Waals surface area contributed by atoms with Gasteiger partial charge in [-0.25, -0.2) is 0 Å². The summed E-state index contributed by atoms with van der Waals surface area (Å²) in [7, 11) is 0. The van der Waals surface area contributed by atoms with Gasteiger partial charge in [-0.2, -0.15) is 0 Å². The molecule has 0 saturated carbocycles. The van der Waals surface area contributed by atoms with Gasteiger partial charge in [0.2, 0.25) is 0 Å². The molecule has 1 atom stereocenters. The number of benzene rings is 1. The summed E-state index contributed by atoms with van der Waals surface area (Å²) in [6.45, 7) is 2.10. The number of carboxylic acids is 1. The first-order valence-corrected chi connectivity index (χ1v) is 5.71. The van der Waals surface area contributed by atoms with Crippen LogP contribution in [0.1, 0.15) is 30.1 Å². The number of nitrogens with one attached hydrogen (secondary N) is 1. The Hall–Kier alpha value is -1.84. The Kier molecular flexibility index (Phi) is 5.20. The van der Waals surface area contributed by atoms with Gasteiger partial charge in [-0.3, -0.25) is 9.59 Å². The van der Waals surface area contributed by atoms with Crippen molar-refractivity contribution >= 4 is 11.9 Å². The third-order valence-electron chi connectivity index (χ3n) is 2.53. The van der Waals surface area contributed by atoms with Crippen LogP contribution in [0.15, 0.2) is 30.3 Å². The van der Waals surface area contributed by atoms with Crippen molar-refractivity contribution in [1.82, 2.24) is 5.32 Å². The fourth-order valence-corrected chi connectivity index (χ4v) is 1.57. The summed E-state index contributed by atoms with van der Waals surface area (Å²) in [5, 5.41) is 11.6. The van der Waals surface area contributed by atoms with Gasteiger partial charge in [0.15, 0.2) is 0 Å². The van der Waals surface area contributed by atoms with Crippen molar-refractivity contribution in [3.63, 3.8) is 0 Å². The Morgan fingerprint density at radius 3 is 2.47 bits per heavy atom. The fourth-order valence-electron chi connectivity index (χ4n) is 1.57. The minimum Gasteiger partial charge on any atom is -0.481 e. The third kappa shape index (κ3) is 4.26. The molecule has 2 N–H and O–H groups in total. The number of rotatable bonds is 6. The monoisotopic (exact) mass is 235 g/mol. The van der Waals surface area contributed by atoms with Gasteiger partial charge in [-0.15, -0.1) is 0 Å². The Bertz CT molecular complexity index is 376. The van der Waals surface area contributed by atoms with Crippen LogP contribution in [0.5, 0.6) is 0 Å². The minimum absolute atomic E-state index is 0.177. The lowest BCUT2D eigenvalue weighted by Gasteiger charge is -2.12. The number of amides is 1. The van der Waals surface area contributed by atoms with Crippen molar-refractivity contribution in [2.45, 2.75) is 19.8 Å². The van der Waals surface area contributed by atoms with Gasteiger partial charge in [0.1, 0.15) is 0 Å². The predicted molar refractivity (Wildman–Crippen MR) is 64.8 cm³/mol. The molecule has 1 amide bonds. The third-order valence-corrected chi connectivity index (χ3v) is 2.53. The largest absolute Gasteiger partial charge is 0.481 e. The number of hydrogen-bond donors (Lipinski definition) is 2. The molecule has 4 heteroatoms. The molecule has 4 nitrogen and oxygen atoms in total. The SMILES string of the molecule is CCCC(CNC(=O)c1ccccc1)C(=O)O. The van der Waals surface area contributed by atoms with Crippen LogP contribution >= 0.6 is 0 Å². The van der Waals surface area contributed by atoms with Crippen LogP contribution < -0.4 is 5.32 Å². The molecule has 0 radical (unpaired) electrons. The normalized spacial score (nSPS) is 11.8. The molecule has 0 fully saturated rings. The van der Waals surface area contributed by atoms with Gasteiger partial charge < -0.3 is 10.4 Å². The fraction of sp³-hybridized carbons (Fsp3) is 0.385. The average molecular weight is 235 g/mol. The summed E-state index contributed by atoms with van der Waals surface area (Å²) in [5.41, 5.74) is 0.549. The average Bonchev–Trinajstić information content (AvgIpc) is 2.34. The van der Waals surface area contributed by atoms with E-state index >= 15 is 0 Å². The molecule has 1 aromatic carbocycles. The number of carbonyl (C=O) groups is 2.